The third-order valence-electron chi connectivity index (χ3n) is 2.18. The summed E-state index contributed by atoms with van der Waals surface area (Å²) in [6.45, 7) is 0.623. The van der Waals surface area contributed by atoms with Crippen LogP contribution in [-0.2, 0) is 9.53 Å². The van der Waals surface area contributed by atoms with E-state index < -0.39 is 0 Å². The summed E-state index contributed by atoms with van der Waals surface area (Å²) in [6.07, 6.45) is 2.67. The van der Waals surface area contributed by atoms with Crippen molar-refractivity contribution in [3.05, 3.63) is 41.1 Å². The van der Waals surface area contributed by atoms with Gasteiger partial charge >= 0.3 is 0 Å². The van der Waals surface area contributed by atoms with E-state index in [2.05, 4.69) is 0 Å². The van der Waals surface area contributed by atoms with Gasteiger partial charge in [0.15, 0.2) is 5.76 Å². The maximum atomic E-state index is 11.7. The fraction of sp³-hybridized carbons (Fsp3) is 0.250. The molecule has 0 spiro atoms. The molecule has 2 nitrogen and oxygen atoms in total. The van der Waals surface area contributed by atoms with Gasteiger partial charge in [-0.05, 0) is 18.2 Å². The summed E-state index contributed by atoms with van der Waals surface area (Å²) < 4.78 is 5.20. The van der Waals surface area contributed by atoms with E-state index in [0.29, 0.717) is 23.1 Å². The summed E-state index contributed by atoms with van der Waals surface area (Å²) in [4.78, 5) is 12.6. The van der Waals surface area contributed by atoms with Crippen LogP contribution in [0.15, 0.2) is 41.0 Å². The first kappa shape index (κ1) is 11.6. The van der Waals surface area contributed by atoms with Crippen LogP contribution in [0.5, 0.6) is 0 Å². The lowest BCUT2D eigenvalue weighted by Crippen LogP contribution is -2.05. The zero-order valence-electron chi connectivity index (χ0n) is 8.61. The van der Waals surface area contributed by atoms with Crippen molar-refractivity contribution in [2.75, 3.05) is 12.4 Å². The highest BCUT2D eigenvalue weighted by atomic mass is 35.5. The molecule has 1 aliphatic rings. The van der Waals surface area contributed by atoms with Crippen LogP contribution in [0.25, 0.3) is 0 Å². The first-order valence-electron chi connectivity index (χ1n) is 5.01. The smallest absolute Gasteiger partial charge is 0.207 e. The van der Waals surface area contributed by atoms with Crippen molar-refractivity contribution in [2.45, 2.75) is 11.3 Å². The predicted molar refractivity (Wildman–Crippen MR) is 65.8 cm³/mol. The van der Waals surface area contributed by atoms with Gasteiger partial charge in [0, 0.05) is 11.3 Å². The molecule has 1 heterocycles. The Morgan fingerprint density at radius 2 is 2.25 bits per heavy atom. The van der Waals surface area contributed by atoms with Gasteiger partial charge in [-0.2, -0.15) is 0 Å². The van der Waals surface area contributed by atoms with E-state index in [9.17, 15) is 4.79 Å². The van der Waals surface area contributed by atoms with E-state index in [0.717, 1.165) is 11.3 Å². The largest absolute Gasteiger partial charge is 0.490 e. The number of carbonyl (C=O) groups excluding carboxylic acids is 1. The van der Waals surface area contributed by atoms with Crippen LogP contribution in [-0.4, -0.2) is 18.1 Å². The maximum Gasteiger partial charge on any atom is 0.207 e. The molecule has 1 aromatic carbocycles. The number of hydrogen-bond donors (Lipinski definition) is 0. The number of benzene rings is 1. The minimum absolute atomic E-state index is 0.0300. The third kappa shape index (κ3) is 2.80. The van der Waals surface area contributed by atoms with E-state index in [1.54, 1.807) is 0 Å². The Kier molecular flexibility index (Phi) is 3.91. The zero-order chi connectivity index (χ0) is 11.4. The Labute approximate surface area is 104 Å². The Hall–Kier alpha value is -0.930. The van der Waals surface area contributed by atoms with Crippen molar-refractivity contribution in [1.82, 2.24) is 0 Å². The highest BCUT2D eigenvalue weighted by Crippen LogP contribution is 2.27. The second-order valence-corrected chi connectivity index (χ2v) is 4.77. The highest BCUT2D eigenvalue weighted by molar-refractivity contribution is 8.00. The van der Waals surface area contributed by atoms with E-state index in [4.69, 9.17) is 16.3 Å². The molecule has 0 atom stereocenters. The van der Waals surface area contributed by atoms with Gasteiger partial charge in [0.05, 0.1) is 17.4 Å². The summed E-state index contributed by atoms with van der Waals surface area (Å²) in [5, 5.41) is 0.682. The summed E-state index contributed by atoms with van der Waals surface area (Å²) in [6, 6.07) is 7.50. The van der Waals surface area contributed by atoms with Gasteiger partial charge in [-0.15, -0.1) is 11.8 Å². The van der Waals surface area contributed by atoms with E-state index in [1.165, 1.54) is 11.8 Å². The van der Waals surface area contributed by atoms with Crippen molar-refractivity contribution in [3.63, 3.8) is 0 Å². The molecule has 16 heavy (non-hydrogen) atoms. The number of hydrogen-bond acceptors (Lipinski definition) is 3. The van der Waals surface area contributed by atoms with Crippen LogP contribution in [0, 0.1) is 0 Å². The molecule has 0 bridgehead atoms. The lowest BCUT2D eigenvalue weighted by Gasteiger charge is -2.04. The van der Waals surface area contributed by atoms with Crippen LogP contribution < -0.4 is 0 Å². The SMILES string of the molecule is O=C(CSc1ccccc1Cl)C1=CCCO1. The molecule has 1 aromatic rings. The van der Waals surface area contributed by atoms with Crippen molar-refractivity contribution < 1.29 is 9.53 Å². The molecule has 0 amide bonds. The number of ketones is 1. The molecular formula is C12H11ClO2S. The van der Waals surface area contributed by atoms with Gasteiger partial charge in [-0.25, -0.2) is 0 Å². The van der Waals surface area contributed by atoms with Crippen molar-refractivity contribution >= 4 is 29.1 Å². The van der Waals surface area contributed by atoms with Gasteiger partial charge in [0.2, 0.25) is 5.78 Å². The minimum Gasteiger partial charge on any atom is -0.490 e. The average molecular weight is 255 g/mol. The Morgan fingerprint density at radius 1 is 1.44 bits per heavy atom. The number of ether oxygens (including phenoxy) is 1. The molecule has 0 unspecified atom stereocenters. The second-order valence-electron chi connectivity index (χ2n) is 3.35. The summed E-state index contributed by atoms with van der Waals surface area (Å²) in [7, 11) is 0. The van der Waals surface area contributed by atoms with E-state index in [1.807, 2.05) is 30.3 Å². The number of rotatable bonds is 4. The van der Waals surface area contributed by atoms with Crippen LogP contribution in [0.2, 0.25) is 5.02 Å². The number of Topliss-reactive ketones (excluding diaryl/α,β-unsaturated/α-hetero) is 1. The topological polar surface area (TPSA) is 26.3 Å². The standard InChI is InChI=1S/C12H11ClO2S/c13-9-4-1-2-6-12(9)16-8-10(14)11-5-3-7-15-11/h1-2,4-6H,3,7-8H2. The second kappa shape index (κ2) is 5.41. The Morgan fingerprint density at radius 3 is 2.94 bits per heavy atom. The Bertz CT molecular complexity index is 429. The molecule has 4 heteroatoms. The van der Waals surface area contributed by atoms with Gasteiger partial charge < -0.3 is 4.74 Å². The van der Waals surface area contributed by atoms with Crippen LogP contribution >= 0.6 is 23.4 Å². The lowest BCUT2D eigenvalue weighted by molar-refractivity contribution is -0.116. The van der Waals surface area contributed by atoms with Gasteiger partial charge in [0.1, 0.15) is 0 Å². The summed E-state index contributed by atoms with van der Waals surface area (Å²) in [5.74, 6) is 0.900. The molecule has 0 N–H and O–H groups in total. The lowest BCUT2D eigenvalue weighted by atomic mass is 10.3. The quantitative estimate of drug-likeness (QED) is 0.772. The molecule has 0 saturated heterocycles. The zero-order valence-corrected chi connectivity index (χ0v) is 10.2. The summed E-state index contributed by atoms with van der Waals surface area (Å²) in [5.41, 5.74) is 0. The van der Waals surface area contributed by atoms with E-state index in [-0.39, 0.29) is 5.78 Å². The van der Waals surface area contributed by atoms with E-state index >= 15 is 0 Å². The first-order chi connectivity index (χ1) is 7.77. The van der Waals surface area contributed by atoms with Crippen molar-refractivity contribution in [2.24, 2.45) is 0 Å². The minimum atomic E-state index is 0.0300. The van der Waals surface area contributed by atoms with Crippen molar-refractivity contribution in [3.8, 4) is 0 Å². The molecule has 0 saturated carbocycles. The average Bonchev–Trinajstić information content (AvgIpc) is 2.81. The van der Waals surface area contributed by atoms with Gasteiger partial charge in [0.25, 0.3) is 0 Å². The number of thioether (sulfide) groups is 1. The van der Waals surface area contributed by atoms with Crippen molar-refractivity contribution in [1.29, 1.82) is 0 Å². The Balaban J connectivity index is 1.92. The molecule has 0 radical (unpaired) electrons. The molecule has 0 aliphatic carbocycles. The molecule has 84 valence electrons. The summed E-state index contributed by atoms with van der Waals surface area (Å²) >= 11 is 7.43. The highest BCUT2D eigenvalue weighted by Gasteiger charge is 2.15. The monoisotopic (exact) mass is 254 g/mol. The fourth-order valence-corrected chi connectivity index (χ4v) is 2.50. The van der Waals surface area contributed by atoms with Crippen LogP contribution in [0.1, 0.15) is 6.42 Å². The number of allylic oxidation sites excluding steroid dienone is 1. The molecule has 0 fully saturated rings. The predicted octanol–water partition coefficient (Wildman–Crippen LogP) is 3.31. The molecule has 2 rings (SSSR count). The van der Waals surface area contributed by atoms with Crippen LogP contribution in [0.4, 0.5) is 0 Å². The normalized spacial score (nSPS) is 14.4. The van der Waals surface area contributed by atoms with Crippen LogP contribution in [0.3, 0.4) is 0 Å². The fourth-order valence-electron chi connectivity index (χ4n) is 1.39. The van der Waals surface area contributed by atoms with Gasteiger partial charge in [-0.1, -0.05) is 23.7 Å². The first-order valence-corrected chi connectivity index (χ1v) is 6.37. The number of carbonyl (C=O) groups is 1. The third-order valence-corrected chi connectivity index (χ3v) is 3.69. The molecule has 1 aliphatic heterocycles. The number of halogens is 1. The molecular weight excluding hydrogens is 244 g/mol. The maximum absolute atomic E-state index is 11.7. The molecule has 0 aromatic heterocycles. The van der Waals surface area contributed by atoms with Gasteiger partial charge in [-0.3, -0.25) is 4.79 Å².